The highest BCUT2D eigenvalue weighted by molar-refractivity contribution is 7.89. The maximum absolute atomic E-state index is 12.5. The number of nitrogens with zero attached hydrogens (tertiary/aromatic N) is 3. The minimum atomic E-state index is -4.04. The molecular weight excluding hydrogens is 352 g/mol. The summed E-state index contributed by atoms with van der Waals surface area (Å²) in [5.41, 5.74) is -1.42. The summed E-state index contributed by atoms with van der Waals surface area (Å²) in [6.07, 6.45) is 1.04. The van der Waals surface area contributed by atoms with Crippen molar-refractivity contribution in [2.24, 2.45) is 14.1 Å². The third kappa shape index (κ3) is 3.66. The molecule has 0 amide bonds. The van der Waals surface area contributed by atoms with Crippen molar-refractivity contribution in [2.75, 3.05) is 20.6 Å². The monoisotopic (exact) mass is 372 g/mol. The van der Waals surface area contributed by atoms with E-state index < -0.39 is 26.2 Å². The van der Waals surface area contributed by atoms with Crippen LogP contribution in [-0.4, -0.2) is 43.1 Å². The van der Waals surface area contributed by atoms with Gasteiger partial charge in [0.1, 0.15) is 0 Å². The molecule has 8 nitrogen and oxygen atoms in total. The molecule has 24 heavy (non-hydrogen) atoms. The van der Waals surface area contributed by atoms with Crippen LogP contribution in [0, 0.1) is 0 Å². The quantitative estimate of drug-likeness (QED) is 0.753. The number of aryl methyl sites for hydroxylation is 1. The normalized spacial score (nSPS) is 13.4. The van der Waals surface area contributed by atoms with E-state index in [1.807, 2.05) is 36.5 Å². The Morgan fingerprint density at radius 3 is 2.50 bits per heavy atom. The Labute approximate surface area is 144 Å². The van der Waals surface area contributed by atoms with Gasteiger partial charge in [-0.1, -0.05) is 6.07 Å². The Balaban J connectivity index is 2.33. The lowest BCUT2D eigenvalue weighted by molar-refractivity contribution is 0.303. The summed E-state index contributed by atoms with van der Waals surface area (Å²) < 4.78 is 29.3. The molecule has 1 atom stereocenters. The molecule has 0 spiro atoms. The fourth-order valence-corrected chi connectivity index (χ4v) is 4.36. The first-order chi connectivity index (χ1) is 11.1. The first kappa shape index (κ1) is 18.6. The standard InChI is InChI=1S/C14H20N4O4S2/c1-16(2)10(11-6-5-7-23-11)8-15-24(21,22)12-9-17(3)14(20)18(4)13(12)19/h5-7,9-10,15H,8H2,1-4H3/t10-/m0/s1. The van der Waals surface area contributed by atoms with Gasteiger partial charge in [0.05, 0.1) is 6.04 Å². The van der Waals surface area contributed by atoms with Crippen LogP contribution in [0.3, 0.4) is 0 Å². The molecule has 0 aliphatic carbocycles. The predicted octanol–water partition coefficient (Wildman–Crippen LogP) is -0.273. The second kappa shape index (κ2) is 7.01. The average molecular weight is 372 g/mol. The van der Waals surface area contributed by atoms with E-state index in [1.54, 1.807) is 0 Å². The van der Waals surface area contributed by atoms with Crippen molar-refractivity contribution in [3.8, 4) is 0 Å². The van der Waals surface area contributed by atoms with E-state index in [1.165, 1.54) is 25.4 Å². The van der Waals surface area contributed by atoms with Crippen LogP contribution in [0.2, 0.25) is 0 Å². The lowest BCUT2D eigenvalue weighted by atomic mass is 10.2. The number of nitrogens with one attached hydrogen (secondary N) is 1. The SMILES string of the molecule is CN(C)[C@@H](CNS(=O)(=O)c1cn(C)c(=O)n(C)c1=O)c1cccs1. The van der Waals surface area contributed by atoms with Gasteiger partial charge < -0.3 is 9.47 Å². The van der Waals surface area contributed by atoms with Crippen molar-refractivity contribution >= 4 is 21.4 Å². The van der Waals surface area contributed by atoms with Crippen LogP contribution in [0.15, 0.2) is 38.2 Å². The Morgan fingerprint density at radius 1 is 1.29 bits per heavy atom. The second-order valence-corrected chi connectivity index (χ2v) is 8.31. The van der Waals surface area contributed by atoms with Crippen LogP contribution >= 0.6 is 11.3 Å². The molecule has 0 fully saturated rings. The van der Waals surface area contributed by atoms with Crippen LogP contribution in [0.1, 0.15) is 10.9 Å². The Bertz CT molecular complexity index is 927. The first-order valence-electron chi connectivity index (χ1n) is 7.11. The molecule has 0 aliphatic heterocycles. The minimum absolute atomic E-state index is 0.113. The molecule has 0 saturated heterocycles. The summed E-state index contributed by atoms with van der Waals surface area (Å²) in [6.45, 7) is 0.113. The lowest BCUT2D eigenvalue weighted by Crippen LogP contribution is -2.42. The van der Waals surface area contributed by atoms with Crippen LogP contribution in [0.25, 0.3) is 0 Å². The summed E-state index contributed by atoms with van der Waals surface area (Å²) in [7, 11) is 2.31. The van der Waals surface area contributed by atoms with E-state index in [9.17, 15) is 18.0 Å². The largest absolute Gasteiger partial charge is 0.330 e. The molecule has 0 unspecified atom stereocenters. The third-order valence-corrected chi connectivity index (χ3v) is 6.05. The first-order valence-corrected chi connectivity index (χ1v) is 9.47. The van der Waals surface area contributed by atoms with E-state index in [2.05, 4.69) is 4.72 Å². The zero-order valence-electron chi connectivity index (χ0n) is 13.9. The number of thiophene rings is 1. The summed E-state index contributed by atoms with van der Waals surface area (Å²) >= 11 is 1.53. The van der Waals surface area contributed by atoms with Gasteiger partial charge in [0.25, 0.3) is 5.56 Å². The number of likely N-dealkylation sites (N-methyl/N-ethyl adjacent to an activating group) is 1. The molecule has 1 N–H and O–H groups in total. The number of aromatic nitrogens is 2. The van der Waals surface area contributed by atoms with Crippen molar-refractivity contribution in [3.05, 3.63) is 49.4 Å². The number of hydrogen-bond donors (Lipinski definition) is 1. The molecule has 132 valence electrons. The average Bonchev–Trinajstić information content (AvgIpc) is 3.02. The van der Waals surface area contributed by atoms with Gasteiger partial charge in [-0.3, -0.25) is 9.36 Å². The molecule has 0 saturated carbocycles. The van der Waals surface area contributed by atoms with E-state index in [0.717, 1.165) is 20.2 Å². The van der Waals surface area contributed by atoms with E-state index in [-0.39, 0.29) is 12.6 Å². The Morgan fingerprint density at radius 2 is 1.96 bits per heavy atom. The highest BCUT2D eigenvalue weighted by atomic mass is 32.2. The zero-order chi connectivity index (χ0) is 18.1. The molecule has 0 aliphatic rings. The van der Waals surface area contributed by atoms with Gasteiger partial charge in [-0.2, -0.15) is 0 Å². The highest BCUT2D eigenvalue weighted by Crippen LogP contribution is 2.22. The number of rotatable bonds is 6. The van der Waals surface area contributed by atoms with Crippen molar-refractivity contribution in [2.45, 2.75) is 10.9 Å². The molecule has 2 aromatic rings. The predicted molar refractivity (Wildman–Crippen MR) is 92.9 cm³/mol. The van der Waals surface area contributed by atoms with Gasteiger partial charge >= 0.3 is 5.69 Å². The van der Waals surface area contributed by atoms with Crippen LogP contribution in [0.5, 0.6) is 0 Å². The Hall–Kier alpha value is -1.75. The summed E-state index contributed by atoms with van der Waals surface area (Å²) in [5.74, 6) is 0. The topological polar surface area (TPSA) is 93.4 Å². The molecule has 10 heteroatoms. The van der Waals surface area contributed by atoms with Crippen molar-refractivity contribution < 1.29 is 8.42 Å². The molecule has 2 aromatic heterocycles. The molecular formula is C14H20N4O4S2. The molecule has 0 bridgehead atoms. The second-order valence-electron chi connectivity index (χ2n) is 5.60. The third-order valence-electron chi connectivity index (χ3n) is 3.67. The molecule has 2 rings (SSSR count). The van der Waals surface area contributed by atoms with E-state index in [0.29, 0.717) is 0 Å². The molecule has 0 radical (unpaired) electrons. The van der Waals surface area contributed by atoms with E-state index >= 15 is 0 Å². The van der Waals surface area contributed by atoms with Crippen molar-refractivity contribution in [1.29, 1.82) is 0 Å². The summed E-state index contributed by atoms with van der Waals surface area (Å²) in [6, 6.07) is 3.67. The number of sulfonamides is 1. The highest BCUT2D eigenvalue weighted by Gasteiger charge is 2.24. The van der Waals surface area contributed by atoms with Gasteiger partial charge in [-0.05, 0) is 25.5 Å². The van der Waals surface area contributed by atoms with Gasteiger partial charge in [0.2, 0.25) is 10.0 Å². The van der Waals surface area contributed by atoms with Crippen molar-refractivity contribution in [1.82, 2.24) is 18.8 Å². The minimum Gasteiger partial charge on any atom is -0.302 e. The van der Waals surface area contributed by atoms with Gasteiger partial charge in [-0.15, -0.1) is 11.3 Å². The van der Waals surface area contributed by atoms with Crippen LogP contribution < -0.4 is 16.0 Å². The number of hydrogen-bond acceptors (Lipinski definition) is 6. The Kier molecular flexibility index (Phi) is 5.43. The van der Waals surface area contributed by atoms with E-state index in [4.69, 9.17) is 0 Å². The molecule has 2 heterocycles. The van der Waals surface area contributed by atoms with Crippen LogP contribution in [-0.2, 0) is 24.1 Å². The maximum atomic E-state index is 12.5. The van der Waals surface area contributed by atoms with Gasteiger partial charge in [0, 0.05) is 31.7 Å². The molecule has 0 aromatic carbocycles. The van der Waals surface area contributed by atoms with Gasteiger partial charge in [0.15, 0.2) is 4.90 Å². The fourth-order valence-electron chi connectivity index (χ4n) is 2.24. The maximum Gasteiger partial charge on any atom is 0.330 e. The fraction of sp³-hybridized carbons (Fsp3) is 0.429. The van der Waals surface area contributed by atoms with Crippen molar-refractivity contribution in [3.63, 3.8) is 0 Å². The zero-order valence-corrected chi connectivity index (χ0v) is 15.5. The lowest BCUT2D eigenvalue weighted by Gasteiger charge is -2.23. The summed E-state index contributed by atoms with van der Waals surface area (Å²) in [5, 5.41) is 1.92. The smallest absolute Gasteiger partial charge is 0.302 e. The van der Waals surface area contributed by atoms with Crippen LogP contribution in [0.4, 0.5) is 0 Å². The van der Waals surface area contributed by atoms with Gasteiger partial charge in [-0.25, -0.2) is 17.9 Å². The summed E-state index contributed by atoms with van der Waals surface area (Å²) in [4.78, 5) is 26.3.